The van der Waals surface area contributed by atoms with E-state index in [1.165, 1.54) is 216 Å². The summed E-state index contributed by atoms with van der Waals surface area (Å²) >= 11 is 3.76. The van der Waals surface area contributed by atoms with Gasteiger partial charge in [0, 0.05) is 133 Å². The number of fused-ring (bicyclic) bond motifs is 27. The molecule has 26 rings (SSSR count). The van der Waals surface area contributed by atoms with Crippen LogP contribution in [0.3, 0.4) is 0 Å². The van der Waals surface area contributed by atoms with Crippen molar-refractivity contribution < 1.29 is 4.42 Å². The molecule has 0 unspecified atom stereocenters. The van der Waals surface area contributed by atoms with Gasteiger partial charge in [-0.2, -0.15) is 0 Å². The fourth-order valence-corrected chi connectivity index (χ4v) is 21.2. The number of nitrogens with zero attached hydrogens (tertiary/aromatic N) is 5. The number of benzene rings is 18. The number of para-hydroxylation sites is 8. The van der Waals surface area contributed by atoms with Crippen LogP contribution in [0.25, 0.3) is 222 Å². The summed E-state index contributed by atoms with van der Waals surface area (Å²) in [6.07, 6.45) is 0. The van der Waals surface area contributed by atoms with Gasteiger partial charge in [0.25, 0.3) is 0 Å². The van der Waals surface area contributed by atoms with E-state index in [4.69, 9.17) is 4.42 Å². The normalized spacial score (nSPS) is 12.0. The van der Waals surface area contributed by atoms with Gasteiger partial charge in [-0.1, -0.05) is 230 Å². The van der Waals surface area contributed by atoms with Gasteiger partial charge < -0.3 is 27.3 Å². The second-order valence-electron chi connectivity index (χ2n) is 30.6. The summed E-state index contributed by atoms with van der Waals surface area (Å²) in [6.45, 7) is 2.17. The molecule has 0 saturated heterocycles. The van der Waals surface area contributed by atoms with E-state index in [0.717, 1.165) is 11.2 Å². The lowest BCUT2D eigenvalue weighted by Gasteiger charge is -2.10. The Labute approximate surface area is 679 Å². The van der Waals surface area contributed by atoms with Crippen LogP contribution >= 0.6 is 22.7 Å². The highest BCUT2D eigenvalue weighted by molar-refractivity contribution is 7.26. The highest BCUT2D eigenvalue weighted by atomic mass is 32.1. The van der Waals surface area contributed by atoms with Crippen LogP contribution in [0.2, 0.25) is 0 Å². The lowest BCUT2D eigenvalue weighted by atomic mass is 10.0. The third-order valence-electron chi connectivity index (χ3n) is 24.1. The topological polar surface area (TPSA) is 37.8 Å². The van der Waals surface area contributed by atoms with E-state index in [9.17, 15) is 0 Å². The third-order valence-corrected chi connectivity index (χ3v) is 26.4. The van der Waals surface area contributed by atoms with Crippen LogP contribution in [0.4, 0.5) is 0 Å². The van der Waals surface area contributed by atoms with Crippen LogP contribution in [0.5, 0.6) is 0 Å². The predicted octanol–water partition coefficient (Wildman–Crippen LogP) is 30.8. The summed E-state index contributed by atoms with van der Waals surface area (Å²) in [7, 11) is 0. The molecule has 26 aromatic rings. The van der Waals surface area contributed by atoms with Gasteiger partial charge in [0.2, 0.25) is 0 Å². The number of thiophene rings is 2. The summed E-state index contributed by atoms with van der Waals surface area (Å²) in [4.78, 5) is 0. The van der Waals surface area contributed by atoms with E-state index in [1.807, 2.05) is 34.8 Å². The summed E-state index contributed by atoms with van der Waals surface area (Å²) in [5, 5.41) is 20.6. The molecule has 0 aliphatic rings. The van der Waals surface area contributed by atoms with Crippen molar-refractivity contribution in [3.05, 3.63) is 406 Å². The van der Waals surface area contributed by atoms with Gasteiger partial charge in [-0.05, 0) is 205 Å². The first kappa shape index (κ1) is 66.8. The van der Waals surface area contributed by atoms with Crippen molar-refractivity contribution >= 4 is 194 Å². The van der Waals surface area contributed by atoms with E-state index in [-0.39, 0.29) is 0 Å². The molecule has 0 spiro atoms. The van der Waals surface area contributed by atoms with Crippen molar-refractivity contribution in [1.29, 1.82) is 0 Å². The lowest BCUT2D eigenvalue weighted by molar-refractivity contribution is 0.669. The van der Waals surface area contributed by atoms with Crippen LogP contribution in [-0.4, -0.2) is 22.8 Å². The molecule has 0 radical (unpaired) electrons. The highest BCUT2D eigenvalue weighted by Gasteiger charge is 2.24. The Hall–Kier alpha value is -14.8. The van der Waals surface area contributed by atoms with Gasteiger partial charge in [-0.15, -0.1) is 22.7 Å². The van der Waals surface area contributed by atoms with Gasteiger partial charge in [0.15, 0.2) is 0 Å². The van der Waals surface area contributed by atoms with Gasteiger partial charge in [-0.25, -0.2) is 0 Å². The molecule has 0 fully saturated rings. The van der Waals surface area contributed by atoms with Crippen LogP contribution in [0.1, 0.15) is 5.56 Å². The van der Waals surface area contributed by atoms with Crippen molar-refractivity contribution in [1.82, 2.24) is 22.8 Å². The summed E-state index contributed by atoms with van der Waals surface area (Å²) in [5.74, 6) is 0. The maximum atomic E-state index is 6.12. The fourth-order valence-electron chi connectivity index (χ4n) is 19.0. The Morgan fingerprint density at radius 1 is 0.179 bits per heavy atom. The highest BCUT2D eigenvalue weighted by Crippen LogP contribution is 2.49. The Kier molecular flexibility index (Phi) is 15.2. The molecule has 117 heavy (non-hydrogen) atoms. The molecule has 8 heterocycles. The summed E-state index contributed by atoms with van der Waals surface area (Å²) in [5.41, 5.74) is 26.2. The minimum absolute atomic E-state index is 0.937. The second kappa shape index (κ2) is 26.7. The molecule has 0 aliphatic heterocycles. The number of hydrogen-bond acceptors (Lipinski definition) is 3. The second-order valence-corrected chi connectivity index (χ2v) is 32.8. The molecule has 0 aliphatic carbocycles. The Morgan fingerprint density at radius 2 is 0.496 bits per heavy atom. The Morgan fingerprint density at radius 3 is 0.966 bits per heavy atom. The van der Waals surface area contributed by atoms with Crippen molar-refractivity contribution in [3.8, 4) is 50.7 Å². The first-order chi connectivity index (χ1) is 58.0. The van der Waals surface area contributed by atoms with Gasteiger partial charge >= 0.3 is 0 Å². The van der Waals surface area contributed by atoms with Gasteiger partial charge in [-0.3, -0.25) is 0 Å². The molecule has 548 valence electrons. The van der Waals surface area contributed by atoms with Crippen LogP contribution < -0.4 is 0 Å². The van der Waals surface area contributed by atoms with Crippen molar-refractivity contribution in [3.63, 3.8) is 0 Å². The molecular formula is C109H69N5OS2. The van der Waals surface area contributed by atoms with Gasteiger partial charge in [0.05, 0.1) is 55.2 Å². The number of aryl methyl sites for hydroxylation is 1. The number of aromatic nitrogens is 5. The number of hydrogen-bond donors (Lipinski definition) is 0. The molecule has 0 N–H and O–H groups in total. The van der Waals surface area contributed by atoms with Gasteiger partial charge in [0.1, 0.15) is 11.2 Å². The molecule has 8 heteroatoms. The fraction of sp³-hybridized carbons (Fsp3) is 0.00917. The van der Waals surface area contributed by atoms with E-state index in [1.54, 1.807) is 0 Å². The van der Waals surface area contributed by atoms with E-state index in [0.29, 0.717) is 0 Å². The smallest absolute Gasteiger partial charge is 0.136 e. The zero-order valence-electron chi connectivity index (χ0n) is 63.6. The lowest BCUT2D eigenvalue weighted by Crippen LogP contribution is -1.94. The van der Waals surface area contributed by atoms with E-state index in [2.05, 4.69) is 418 Å². The minimum Gasteiger partial charge on any atom is -0.456 e. The van der Waals surface area contributed by atoms with E-state index >= 15 is 0 Å². The minimum atomic E-state index is 0.937. The molecule has 8 aromatic heterocycles. The van der Waals surface area contributed by atoms with Crippen molar-refractivity contribution in [2.45, 2.75) is 6.92 Å². The van der Waals surface area contributed by atoms with Crippen LogP contribution in [-0.2, 0) is 0 Å². The zero-order chi connectivity index (χ0) is 76.9. The Balaban J connectivity index is 0.000000104. The monoisotopic (exact) mass is 1530 g/mol. The third kappa shape index (κ3) is 10.5. The first-order valence-electron chi connectivity index (χ1n) is 39.9. The average molecular weight is 1530 g/mol. The summed E-state index contributed by atoms with van der Waals surface area (Å²) < 4.78 is 23.4. The molecule has 6 nitrogen and oxygen atoms in total. The van der Waals surface area contributed by atoms with Crippen molar-refractivity contribution in [2.24, 2.45) is 0 Å². The molecule has 0 atom stereocenters. The molecule has 0 saturated carbocycles. The van der Waals surface area contributed by atoms with Crippen molar-refractivity contribution in [2.75, 3.05) is 0 Å². The number of furan rings is 1. The maximum Gasteiger partial charge on any atom is 0.136 e. The molecule has 0 bridgehead atoms. The first-order valence-corrected chi connectivity index (χ1v) is 41.6. The quantitative estimate of drug-likeness (QED) is 0.157. The SMILES string of the molecule is Cc1ccc2c(c1)c1ccccc1n2-c1ccc(-c2ccc3c(c2)c2c4c(ccc2n3-c2ccccc2)sc2ccccc24)cc1.c1ccc(-n2c3ccc(-c4ccc(-n5c6ccccc6c6ccccc65)cc4)cc3c3c4c(ccc32)sc2ccccc24)cc1.c1ccc(-n2c3ccccc3c3c4c(ccc32)oc2ccccc24)cc1. The number of rotatable bonds is 7. The van der Waals surface area contributed by atoms with E-state index < -0.39 is 0 Å². The standard InChI is InChI=1S/C43H28N2S.C42H26N2S.C24H15NO/c1-27-15-21-37-34(25-27)32-11-5-7-13-36(32)44(37)31-19-16-28(17-20-31)29-18-22-38-35(26-29)42-39(45(38)30-9-3-2-4-10-30)23-24-41-43(42)33-12-6-8-14-40(33)46-41;1-2-10-29(11-3-1)44-37-23-20-28(26-34(37)41-38(44)24-25-40-42(41)33-14-6-9-17-39(33)45-40)27-18-21-30(22-19-27)43-35-15-7-4-12-31(35)32-13-5-8-16-36(32)43;1-2-8-16(9-3-1)25-19-12-6-4-10-17(19)23-20(25)14-15-22-24(23)18-11-5-7-13-21(18)26-22/h2-26H,1H3;1-26H;1-15H. The largest absolute Gasteiger partial charge is 0.456 e. The molecule has 0 amide bonds. The summed E-state index contributed by atoms with van der Waals surface area (Å²) in [6, 6.07) is 145. The average Bonchev–Trinajstić information content (AvgIpc) is 1.57. The zero-order valence-corrected chi connectivity index (χ0v) is 65.2. The van der Waals surface area contributed by atoms with Crippen LogP contribution in [0, 0.1) is 6.92 Å². The van der Waals surface area contributed by atoms with Crippen LogP contribution in [0.15, 0.2) is 405 Å². The predicted molar refractivity (Wildman–Crippen MR) is 500 cm³/mol. The maximum absolute atomic E-state index is 6.12. The Bertz CT molecular complexity index is 8450. The molecular weight excluding hydrogens is 1460 g/mol. The molecule has 18 aromatic carbocycles.